The summed E-state index contributed by atoms with van der Waals surface area (Å²) in [4.78, 5) is 16.1. The molecular weight excluding hydrogens is 442 g/mol. The molecule has 4 nitrogen and oxygen atoms in total. The number of amides is 1. The van der Waals surface area contributed by atoms with Gasteiger partial charge in [-0.3, -0.25) is 4.79 Å². The lowest BCUT2D eigenvalue weighted by Gasteiger charge is -2.10. The number of nitrogens with two attached hydrogens (primary N) is 1. The van der Waals surface area contributed by atoms with Gasteiger partial charge in [-0.2, -0.15) is 0 Å². The van der Waals surface area contributed by atoms with Crippen molar-refractivity contribution >= 4 is 65.1 Å². The van der Waals surface area contributed by atoms with Crippen LogP contribution in [-0.4, -0.2) is 10.9 Å². The van der Waals surface area contributed by atoms with Gasteiger partial charge in [0.15, 0.2) is 0 Å². The molecule has 0 spiro atoms. The highest BCUT2D eigenvalue weighted by atomic mass is 79.9. The van der Waals surface area contributed by atoms with Crippen molar-refractivity contribution in [2.75, 3.05) is 11.1 Å². The van der Waals surface area contributed by atoms with Gasteiger partial charge in [0.25, 0.3) is 5.91 Å². The zero-order chi connectivity index (χ0) is 14.0. The monoisotopic (exact) mass is 447 g/mol. The van der Waals surface area contributed by atoms with Crippen LogP contribution in [0.25, 0.3) is 0 Å². The molecule has 1 heterocycles. The summed E-state index contributed by atoms with van der Waals surface area (Å²) in [5.74, 6) is -0.317. The Hall–Kier alpha value is -0.920. The number of carbonyl (C=O) groups excluding carboxylic acids is 1. The standard InChI is InChI=1S/C12H8Br3N3O/c13-6-1-2-10(17-5-6)12(19)18-11-8(15)3-7(14)4-9(11)16/h1-5H,16H2,(H,18,19). The number of rotatable bonds is 2. The fourth-order valence-corrected chi connectivity index (χ4v) is 3.01. The molecule has 2 aromatic rings. The van der Waals surface area contributed by atoms with Crippen molar-refractivity contribution in [3.63, 3.8) is 0 Å². The van der Waals surface area contributed by atoms with E-state index in [1.54, 1.807) is 30.5 Å². The molecule has 1 amide bonds. The van der Waals surface area contributed by atoms with Crippen molar-refractivity contribution in [2.45, 2.75) is 0 Å². The Balaban J connectivity index is 2.26. The number of nitrogen functional groups attached to an aromatic ring is 1. The minimum absolute atomic E-state index is 0.317. The fraction of sp³-hybridized carbons (Fsp3) is 0. The summed E-state index contributed by atoms with van der Waals surface area (Å²) in [5.41, 5.74) is 7.18. The van der Waals surface area contributed by atoms with Crippen LogP contribution in [0, 0.1) is 0 Å². The molecule has 98 valence electrons. The van der Waals surface area contributed by atoms with Crippen LogP contribution in [-0.2, 0) is 0 Å². The first-order chi connectivity index (χ1) is 8.97. The average molecular weight is 450 g/mol. The largest absolute Gasteiger partial charge is 0.397 e. The zero-order valence-electron chi connectivity index (χ0n) is 9.45. The molecule has 0 fully saturated rings. The highest BCUT2D eigenvalue weighted by molar-refractivity contribution is 9.11. The van der Waals surface area contributed by atoms with Crippen LogP contribution in [0.15, 0.2) is 43.9 Å². The fourth-order valence-electron chi connectivity index (χ4n) is 1.41. The van der Waals surface area contributed by atoms with Crippen molar-refractivity contribution in [1.29, 1.82) is 0 Å². The van der Waals surface area contributed by atoms with Gasteiger partial charge in [0.2, 0.25) is 0 Å². The van der Waals surface area contributed by atoms with Crippen LogP contribution >= 0.6 is 47.8 Å². The third-order valence-electron chi connectivity index (χ3n) is 2.28. The molecule has 0 bridgehead atoms. The van der Waals surface area contributed by atoms with Crippen LogP contribution in [0.3, 0.4) is 0 Å². The maximum absolute atomic E-state index is 12.0. The van der Waals surface area contributed by atoms with Crippen LogP contribution in [0.2, 0.25) is 0 Å². The second-order valence-electron chi connectivity index (χ2n) is 3.67. The van der Waals surface area contributed by atoms with Gasteiger partial charge < -0.3 is 11.1 Å². The number of carbonyl (C=O) groups is 1. The number of hydrogen-bond acceptors (Lipinski definition) is 3. The van der Waals surface area contributed by atoms with Crippen LogP contribution in [0.5, 0.6) is 0 Å². The summed E-state index contributed by atoms with van der Waals surface area (Å²) in [5, 5.41) is 2.73. The molecule has 1 aromatic carbocycles. The van der Waals surface area contributed by atoms with Gasteiger partial charge in [-0.25, -0.2) is 4.98 Å². The van der Waals surface area contributed by atoms with Crippen LogP contribution < -0.4 is 11.1 Å². The highest BCUT2D eigenvalue weighted by Gasteiger charge is 2.12. The Bertz CT molecular complexity index is 606. The summed E-state index contributed by atoms with van der Waals surface area (Å²) in [7, 11) is 0. The number of anilines is 2. The number of halogens is 3. The normalized spacial score (nSPS) is 10.3. The predicted molar refractivity (Wildman–Crippen MR) is 86.1 cm³/mol. The predicted octanol–water partition coefficient (Wildman–Crippen LogP) is 4.20. The molecule has 0 saturated carbocycles. The molecule has 0 unspecified atom stereocenters. The Morgan fingerprint density at radius 1 is 1.16 bits per heavy atom. The average Bonchev–Trinajstić information content (AvgIpc) is 2.34. The maximum Gasteiger partial charge on any atom is 0.274 e. The molecule has 2 rings (SSSR count). The van der Waals surface area contributed by atoms with E-state index in [9.17, 15) is 4.79 Å². The molecule has 0 aliphatic carbocycles. The van der Waals surface area contributed by atoms with Gasteiger partial charge >= 0.3 is 0 Å². The minimum atomic E-state index is -0.317. The van der Waals surface area contributed by atoms with E-state index in [4.69, 9.17) is 5.73 Å². The quantitative estimate of drug-likeness (QED) is 0.675. The Morgan fingerprint density at radius 2 is 1.89 bits per heavy atom. The number of aromatic nitrogens is 1. The summed E-state index contributed by atoms with van der Waals surface area (Å²) < 4.78 is 2.34. The zero-order valence-corrected chi connectivity index (χ0v) is 14.2. The van der Waals surface area contributed by atoms with Crippen molar-refractivity contribution in [3.8, 4) is 0 Å². The Labute approximate surface area is 135 Å². The first-order valence-electron chi connectivity index (χ1n) is 5.15. The Kier molecular flexibility index (Phi) is 4.59. The third kappa shape index (κ3) is 3.55. The maximum atomic E-state index is 12.0. The smallest absolute Gasteiger partial charge is 0.274 e. The molecule has 0 radical (unpaired) electrons. The number of benzene rings is 1. The Morgan fingerprint density at radius 3 is 2.47 bits per heavy atom. The van der Waals surface area contributed by atoms with Gasteiger partial charge in [-0.05, 0) is 56.1 Å². The van der Waals surface area contributed by atoms with E-state index in [0.717, 1.165) is 8.95 Å². The van der Waals surface area contributed by atoms with Gasteiger partial charge in [-0.1, -0.05) is 15.9 Å². The van der Waals surface area contributed by atoms with Gasteiger partial charge in [0.1, 0.15) is 5.69 Å². The SMILES string of the molecule is Nc1cc(Br)cc(Br)c1NC(=O)c1ccc(Br)cn1. The van der Waals surface area contributed by atoms with E-state index >= 15 is 0 Å². The first-order valence-corrected chi connectivity index (χ1v) is 7.52. The second kappa shape index (κ2) is 6.02. The van der Waals surface area contributed by atoms with E-state index in [1.165, 1.54) is 0 Å². The molecule has 3 N–H and O–H groups in total. The van der Waals surface area contributed by atoms with Crippen LogP contribution in [0.4, 0.5) is 11.4 Å². The summed E-state index contributed by atoms with van der Waals surface area (Å²) in [6, 6.07) is 6.90. The van der Waals surface area contributed by atoms with E-state index in [1.807, 2.05) is 0 Å². The molecule has 0 aliphatic rings. The topological polar surface area (TPSA) is 68.0 Å². The number of nitrogens with one attached hydrogen (secondary N) is 1. The molecule has 1 aromatic heterocycles. The first kappa shape index (κ1) is 14.5. The molecule has 0 atom stereocenters. The van der Waals surface area contributed by atoms with Gasteiger partial charge in [0.05, 0.1) is 11.4 Å². The van der Waals surface area contributed by atoms with Crippen molar-refractivity contribution < 1.29 is 4.79 Å². The lowest BCUT2D eigenvalue weighted by Crippen LogP contribution is -2.15. The minimum Gasteiger partial charge on any atom is -0.397 e. The van der Waals surface area contributed by atoms with E-state index < -0.39 is 0 Å². The number of hydrogen-bond donors (Lipinski definition) is 2. The lowest BCUT2D eigenvalue weighted by molar-refractivity contribution is 0.102. The van der Waals surface area contributed by atoms with Gasteiger partial charge in [-0.15, -0.1) is 0 Å². The second-order valence-corrected chi connectivity index (χ2v) is 6.35. The number of pyridine rings is 1. The highest BCUT2D eigenvalue weighted by Crippen LogP contribution is 2.32. The lowest BCUT2D eigenvalue weighted by atomic mass is 10.2. The molecule has 0 aliphatic heterocycles. The van der Waals surface area contributed by atoms with Crippen molar-refractivity contribution in [3.05, 3.63) is 49.6 Å². The van der Waals surface area contributed by atoms with E-state index in [2.05, 4.69) is 58.1 Å². The van der Waals surface area contributed by atoms with Crippen LogP contribution in [0.1, 0.15) is 10.5 Å². The molecule has 0 saturated heterocycles. The summed E-state index contributed by atoms with van der Waals surface area (Å²) >= 11 is 9.95. The van der Waals surface area contributed by atoms with E-state index in [0.29, 0.717) is 21.5 Å². The molecule has 19 heavy (non-hydrogen) atoms. The molecular formula is C12H8Br3N3O. The molecule has 7 heteroatoms. The summed E-state index contributed by atoms with van der Waals surface area (Å²) in [6.07, 6.45) is 1.56. The number of nitrogens with zero attached hydrogens (tertiary/aromatic N) is 1. The third-order valence-corrected chi connectivity index (χ3v) is 3.84. The van der Waals surface area contributed by atoms with Crippen molar-refractivity contribution in [2.24, 2.45) is 0 Å². The van der Waals surface area contributed by atoms with Crippen molar-refractivity contribution in [1.82, 2.24) is 4.98 Å². The van der Waals surface area contributed by atoms with Gasteiger partial charge in [0, 0.05) is 19.6 Å². The van der Waals surface area contributed by atoms with E-state index in [-0.39, 0.29) is 5.91 Å². The summed E-state index contributed by atoms with van der Waals surface area (Å²) in [6.45, 7) is 0.